The number of carbonyl (C=O) groups is 2. The lowest BCUT2D eigenvalue weighted by atomic mass is 10.0. The Morgan fingerprint density at radius 3 is 2.56 bits per heavy atom. The first-order valence-electron chi connectivity index (χ1n) is 9.35. The van der Waals surface area contributed by atoms with Crippen molar-refractivity contribution < 1.29 is 14.3 Å². The highest BCUT2D eigenvalue weighted by Crippen LogP contribution is 2.27. The molecule has 0 saturated carbocycles. The summed E-state index contributed by atoms with van der Waals surface area (Å²) in [6, 6.07) is 17.6. The maximum atomic E-state index is 12.6. The molecule has 5 heteroatoms. The smallest absolute Gasteiger partial charge is 0.227 e. The third kappa shape index (κ3) is 4.88. The minimum Gasteiger partial charge on any atom is -0.497 e. The van der Waals surface area contributed by atoms with Crippen LogP contribution in [0.3, 0.4) is 0 Å². The van der Waals surface area contributed by atoms with Crippen LogP contribution in [0.1, 0.15) is 25.3 Å². The zero-order chi connectivity index (χ0) is 19.2. The van der Waals surface area contributed by atoms with Gasteiger partial charge in [0.25, 0.3) is 0 Å². The third-order valence-electron chi connectivity index (χ3n) is 4.98. The van der Waals surface area contributed by atoms with Crippen molar-refractivity contribution >= 4 is 17.5 Å². The van der Waals surface area contributed by atoms with Gasteiger partial charge < -0.3 is 15.0 Å². The number of ether oxygens (including phenoxy) is 1. The number of hydrogen-bond donors (Lipinski definition) is 1. The molecule has 0 aliphatic carbocycles. The molecular weight excluding hydrogens is 340 g/mol. The Hall–Kier alpha value is -2.82. The fourth-order valence-electron chi connectivity index (χ4n) is 3.36. The molecule has 2 atom stereocenters. The maximum absolute atomic E-state index is 12.6. The maximum Gasteiger partial charge on any atom is 0.227 e. The Morgan fingerprint density at radius 2 is 1.89 bits per heavy atom. The Kier molecular flexibility index (Phi) is 6.12. The highest BCUT2D eigenvalue weighted by atomic mass is 16.5. The van der Waals surface area contributed by atoms with E-state index >= 15 is 0 Å². The molecule has 0 radical (unpaired) electrons. The van der Waals surface area contributed by atoms with E-state index in [-0.39, 0.29) is 30.2 Å². The van der Waals surface area contributed by atoms with Gasteiger partial charge in [0.2, 0.25) is 11.8 Å². The minimum atomic E-state index is -0.307. The van der Waals surface area contributed by atoms with Crippen molar-refractivity contribution in [3.05, 3.63) is 60.2 Å². The van der Waals surface area contributed by atoms with E-state index in [4.69, 9.17) is 4.74 Å². The quantitative estimate of drug-likeness (QED) is 0.819. The minimum absolute atomic E-state index is 0.0164. The zero-order valence-corrected chi connectivity index (χ0v) is 15.9. The number of anilines is 1. The normalized spacial score (nSPS) is 17.6. The van der Waals surface area contributed by atoms with Gasteiger partial charge in [-0.05, 0) is 49.6 Å². The van der Waals surface area contributed by atoms with Crippen LogP contribution in [0.2, 0.25) is 0 Å². The number of carbonyl (C=O) groups excluding carboxylic acids is 2. The van der Waals surface area contributed by atoms with Gasteiger partial charge >= 0.3 is 0 Å². The van der Waals surface area contributed by atoms with Gasteiger partial charge in [0.1, 0.15) is 5.75 Å². The van der Waals surface area contributed by atoms with Gasteiger partial charge in [-0.25, -0.2) is 0 Å². The number of aryl methyl sites for hydroxylation is 1. The molecule has 1 N–H and O–H groups in total. The second kappa shape index (κ2) is 8.71. The van der Waals surface area contributed by atoms with Crippen LogP contribution in [0.15, 0.2) is 54.6 Å². The second-order valence-electron chi connectivity index (χ2n) is 7.04. The van der Waals surface area contributed by atoms with Crippen LogP contribution in [0, 0.1) is 5.92 Å². The highest BCUT2D eigenvalue weighted by molar-refractivity contribution is 6.00. The van der Waals surface area contributed by atoms with Crippen molar-refractivity contribution in [1.29, 1.82) is 0 Å². The van der Waals surface area contributed by atoms with Crippen molar-refractivity contribution in [3.8, 4) is 5.75 Å². The monoisotopic (exact) mass is 366 g/mol. The van der Waals surface area contributed by atoms with Crippen molar-refractivity contribution in [1.82, 2.24) is 5.32 Å². The van der Waals surface area contributed by atoms with Crippen LogP contribution in [-0.2, 0) is 16.0 Å². The molecule has 2 aromatic carbocycles. The zero-order valence-electron chi connectivity index (χ0n) is 15.9. The number of benzene rings is 2. The molecule has 142 valence electrons. The van der Waals surface area contributed by atoms with E-state index in [0.29, 0.717) is 6.54 Å². The summed E-state index contributed by atoms with van der Waals surface area (Å²) in [5, 5.41) is 3.07. The first-order valence-corrected chi connectivity index (χ1v) is 9.35. The number of methoxy groups -OCH3 is 1. The van der Waals surface area contributed by atoms with Crippen molar-refractivity contribution in [3.63, 3.8) is 0 Å². The number of nitrogens with one attached hydrogen (secondary N) is 1. The lowest BCUT2D eigenvalue weighted by molar-refractivity contribution is -0.126. The molecule has 27 heavy (non-hydrogen) atoms. The fraction of sp³-hybridized carbons (Fsp3) is 0.364. The molecule has 1 aliphatic rings. The summed E-state index contributed by atoms with van der Waals surface area (Å²) in [7, 11) is 1.61. The van der Waals surface area contributed by atoms with Gasteiger partial charge in [-0.15, -0.1) is 0 Å². The molecule has 0 bridgehead atoms. The second-order valence-corrected chi connectivity index (χ2v) is 7.04. The largest absolute Gasteiger partial charge is 0.497 e. The van der Waals surface area contributed by atoms with Crippen molar-refractivity contribution in [2.45, 2.75) is 32.2 Å². The lowest BCUT2D eigenvalue weighted by Gasteiger charge is -2.19. The molecule has 5 nitrogen and oxygen atoms in total. The number of hydrogen-bond acceptors (Lipinski definition) is 3. The average Bonchev–Trinajstić information content (AvgIpc) is 3.09. The summed E-state index contributed by atoms with van der Waals surface area (Å²) in [6.45, 7) is 2.43. The van der Waals surface area contributed by atoms with Crippen LogP contribution in [-0.4, -0.2) is 31.5 Å². The molecule has 2 amide bonds. The molecule has 0 spiro atoms. The van der Waals surface area contributed by atoms with E-state index in [0.717, 1.165) is 24.3 Å². The molecule has 1 heterocycles. The van der Waals surface area contributed by atoms with Crippen molar-refractivity contribution in [2.75, 3.05) is 18.6 Å². The number of rotatable bonds is 7. The molecule has 0 unspecified atom stereocenters. The van der Waals surface area contributed by atoms with Gasteiger partial charge in [0.15, 0.2) is 0 Å². The number of amides is 2. The van der Waals surface area contributed by atoms with Crippen LogP contribution in [0.25, 0.3) is 0 Å². The Labute approximate surface area is 160 Å². The van der Waals surface area contributed by atoms with Gasteiger partial charge in [-0.1, -0.05) is 30.3 Å². The highest BCUT2D eigenvalue weighted by Gasteiger charge is 2.35. The first-order chi connectivity index (χ1) is 13.1. The average molecular weight is 366 g/mol. The molecular formula is C22H26N2O3. The molecule has 3 rings (SSSR count). The van der Waals surface area contributed by atoms with Crippen LogP contribution in [0.4, 0.5) is 5.69 Å². The van der Waals surface area contributed by atoms with Crippen molar-refractivity contribution in [2.24, 2.45) is 5.92 Å². The summed E-state index contributed by atoms with van der Waals surface area (Å²) in [6.07, 6.45) is 2.05. The molecule has 0 aromatic heterocycles. The first kappa shape index (κ1) is 19.0. The van der Waals surface area contributed by atoms with Gasteiger partial charge in [-0.2, -0.15) is 0 Å². The molecule has 1 saturated heterocycles. The van der Waals surface area contributed by atoms with E-state index in [1.807, 2.05) is 49.4 Å². The fourth-order valence-corrected chi connectivity index (χ4v) is 3.36. The summed E-state index contributed by atoms with van der Waals surface area (Å²) < 4.78 is 5.15. The van der Waals surface area contributed by atoms with Crippen LogP contribution >= 0.6 is 0 Å². The molecule has 2 aromatic rings. The van der Waals surface area contributed by atoms with Gasteiger partial charge in [0.05, 0.1) is 13.0 Å². The van der Waals surface area contributed by atoms with Gasteiger partial charge in [0, 0.05) is 24.7 Å². The topological polar surface area (TPSA) is 58.6 Å². The van der Waals surface area contributed by atoms with E-state index in [1.165, 1.54) is 5.56 Å². The van der Waals surface area contributed by atoms with E-state index in [1.54, 1.807) is 12.0 Å². The molecule has 1 aliphatic heterocycles. The van der Waals surface area contributed by atoms with E-state index in [9.17, 15) is 9.59 Å². The Balaban J connectivity index is 1.52. The number of nitrogens with zero attached hydrogens (tertiary/aromatic N) is 1. The SMILES string of the molecule is COc1ccc(N2C[C@@H](C(=O)N[C@@H](C)CCc3ccccc3)CC2=O)cc1. The lowest BCUT2D eigenvalue weighted by Crippen LogP contribution is -2.38. The summed E-state index contributed by atoms with van der Waals surface area (Å²) in [4.78, 5) is 26.6. The van der Waals surface area contributed by atoms with Gasteiger partial charge in [-0.3, -0.25) is 9.59 Å². The van der Waals surface area contributed by atoms with E-state index < -0.39 is 0 Å². The third-order valence-corrected chi connectivity index (χ3v) is 4.98. The van der Waals surface area contributed by atoms with Crippen LogP contribution < -0.4 is 15.0 Å². The van der Waals surface area contributed by atoms with Crippen LogP contribution in [0.5, 0.6) is 5.75 Å². The Morgan fingerprint density at radius 1 is 1.19 bits per heavy atom. The van der Waals surface area contributed by atoms with E-state index in [2.05, 4.69) is 17.4 Å². The molecule has 1 fully saturated rings. The summed E-state index contributed by atoms with van der Waals surface area (Å²) in [5.41, 5.74) is 2.06. The standard InChI is InChI=1S/C22H26N2O3/c1-16(8-9-17-6-4-3-5-7-17)23-22(26)18-14-21(25)24(15-18)19-10-12-20(27-2)13-11-19/h3-7,10-13,16,18H,8-9,14-15H2,1-2H3,(H,23,26)/t16-,18-/m0/s1. The Bertz CT molecular complexity index is 774. The predicted octanol–water partition coefficient (Wildman–Crippen LogP) is 3.19. The summed E-state index contributed by atoms with van der Waals surface area (Å²) in [5.74, 6) is 0.378. The predicted molar refractivity (Wildman–Crippen MR) is 106 cm³/mol. The summed E-state index contributed by atoms with van der Waals surface area (Å²) >= 11 is 0.